The van der Waals surface area contributed by atoms with Crippen molar-refractivity contribution in [2.75, 3.05) is 146 Å². The van der Waals surface area contributed by atoms with Crippen molar-refractivity contribution in [1.82, 2.24) is 24.8 Å². The van der Waals surface area contributed by atoms with Crippen LogP contribution >= 0.6 is 33.9 Å². The lowest BCUT2D eigenvalue weighted by atomic mass is 9.76. The zero-order valence-corrected chi connectivity index (χ0v) is 67.8. The fourth-order valence-corrected chi connectivity index (χ4v) is 13.2. The Morgan fingerprint density at radius 3 is 1.32 bits per heavy atom. The highest BCUT2D eigenvalue weighted by atomic mass is 35.7. The van der Waals surface area contributed by atoms with Crippen LogP contribution in [0.3, 0.4) is 0 Å². The lowest BCUT2D eigenvalue weighted by molar-refractivity contribution is -0.144. The molecule has 5 aromatic rings. The predicted molar refractivity (Wildman–Crippen MR) is 417 cm³/mol. The lowest BCUT2D eigenvalue weighted by Gasteiger charge is -2.32. The monoisotopic (exact) mass is 1660 g/mol. The Balaban J connectivity index is 0.000000207. The molecule has 606 valence electrons. The minimum absolute atomic E-state index is 0.0523. The molecule has 6 aliphatic rings. The third kappa shape index (κ3) is 27.6. The standard InChI is InChI=1S/C26H34F3N5O4S.C20H28BF3N2O3.C12H18ClN3O3S.C9H12ClN3O.C3H7ClO2S/c1-17(2)39(36,37)32-23-12-20(13-24(31-23)33-8-10-38-11-9-33)22-14-21(5-4-18(22)3)30-25(35)34-7-6-19(16-34)15-26(27,28)29;1-13-6-7-15(10-16(13)21-28-18(2,3)19(4,5)29-21)25-17(27)26-9-8-14(12-26)11-20(22,23)24;1-9(2)20(17,18)15-11-7-10(13)8-12(14-11)16-3-5-19-6-4-16;10-7-5-8(11)12-9(6-7)13-1-3-14-4-2-13;1-3(2)7(4,5)6/h4-5,12-14,17,19H,6-11,15-16H2,1-3H3,(H,30,35)(H,31,32);6-7,10,14H,8-9,11-12H2,1-5H3,(H,25,27);7-9H,3-6H2,1-2H3,(H,14,15);5-6H,1-4H2,(H2,11,12);3H,1-2H3/t19-;14-;;;/m00.../s1. The van der Waals surface area contributed by atoms with E-state index in [-0.39, 0.29) is 31.3 Å². The normalized spacial score (nSPS) is 18.9. The maximum absolute atomic E-state index is 12.8. The molecular weight excluding hydrogens is 1560 g/mol. The Morgan fingerprint density at radius 2 is 0.927 bits per heavy atom. The Hall–Kier alpha value is -6.61. The Kier molecular flexibility index (Phi) is 31.5. The number of nitrogens with zero attached hydrogens (tertiary/aromatic N) is 8. The van der Waals surface area contributed by atoms with Gasteiger partial charge in [0, 0.05) is 116 Å². The Morgan fingerprint density at radius 1 is 0.550 bits per heavy atom. The second-order valence-electron chi connectivity index (χ2n) is 28.8. The molecule has 109 heavy (non-hydrogen) atoms. The van der Waals surface area contributed by atoms with Gasteiger partial charge in [0.15, 0.2) is 0 Å². The van der Waals surface area contributed by atoms with Gasteiger partial charge >= 0.3 is 31.5 Å². The summed E-state index contributed by atoms with van der Waals surface area (Å²) in [6, 6.07) is 20.1. The predicted octanol–water partition coefficient (Wildman–Crippen LogP) is 12.8. The first-order valence-corrected chi connectivity index (χ1v) is 41.8. The molecule has 0 spiro atoms. The van der Waals surface area contributed by atoms with Crippen molar-refractivity contribution in [3.63, 3.8) is 0 Å². The van der Waals surface area contributed by atoms with Crippen LogP contribution in [0, 0.1) is 25.7 Å². The van der Waals surface area contributed by atoms with E-state index >= 15 is 0 Å². The van der Waals surface area contributed by atoms with Crippen molar-refractivity contribution < 1.29 is 84.7 Å². The Labute approximate surface area is 650 Å². The second kappa shape index (κ2) is 38.3. The van der Waals surface area contributed by atoms with E-state index < -0.39 is 112 Å². The number of alkyl halides is 6. The van der Waals surface area contributed by atoms with E-state index in [1.807, 2.05) is 75.6 Å². The average Bonchev–Trinajstić information content (AvgIpc) is 1.69. The summed E-state index contributed by atoms with van der Waals surface area (Å²) < 4.78 is 178. The van der Waals surface area contributed by atoms with Crippen LogP contribution in [0.5, 0.6) is 0 Å². The van der Waals surface area contributed by atoms with Crippen LogP contribution in [0.15, 0.2) is 72.8 Å². The quantitative estimate of drug-likeness (QED) is 0.0348. The summed E-state index contributed by atoms with van der Waals surface area (Å²) in [6.07, 6.45) is -9.54. The summed E-state index contributed by atoms with van der Waals surface area (Å²) in [6.45, 7) is 30.0. The van der Waals surface area contributed by atoms with E-state index in [2.05, 4.69) is 39.9 Å². The van der Waals surface area contributed by atoms with Gasteiger partial charge < -0.3 is 64.4 Å². The molecule has 0 aliphatic carbocycles. The Bertz CT molecular complexity index is 4220. The number of ether oxygens (including phenoxy) is 3. The number of halogens is 9. The highest BCUT2D eigenvalue weighted by molar-refractivity contribution is 8.14. The summed E-state index contributed by atoms with van der Waals surface area (Å²) >= 11 is 11.9. The van der Waals surface area contributed by atoms with Gasteiger partial charge in [0.1, 0.15) is 34.9 Å². The highest BCUT2D eigenvalue weighted by Crippen LogP contribution is 2.39. The van der Waals surface area contributed by atoms with E-state index in [1.54, 1.807) is 70.2 Å². The number of urea groups is 2. The maximum Gasteiger partial charge on any atom is 0.495 e. The van der Waals surface area contributed by atoms with Crippen LogP contribution in [-0.2, 0) is 52.6 Å². The molecule has 6 saturated heterocycles. The van der Waals surface area contributed by atoms with Gasteiger partial charge in [-0.3, -0.25) is 9.44 Å². The van der Waals surface area contributed by atoms with Crippen molar-refractivity contribution in [2.24, 2.45) is 11.8 Å². The molecule has 9 heterocycles. The van der Waals surface area contributed by atoms with Crippen LogP contribution in [-0.4, -0.2) is 214 Å². The molecule has 6 N–H and O–H groups in total. The summed E-state index contributed by atoms with van der Waals surface area (Å²) in [7, 11) is -6.06. The van der Waals surface area contributed by atoms with E-state index in [1.165, 1.54) is 29.7 Å². The first-order valence-electron chi connectivity index (χ1n) is 35.6. The third-order valence-electron chi connectivity index (χ3n) is 18.7. The number of carbonyl (C=O) groups excluding carboxylic acids is 2. The summed E-state index contributed by atoms with van der Waals surface area (Å²) in [5.41, 5.74) is 9.82. The molecule has 0 saturated carbocycles. The zero-order chi connectivity index (χ0) is 80.8. The smallest absolute Gasteiger partial charge is 0.399 e. The number of hydrogen-bond donors (Lipinski definition) is 5. The van der Waals surface area contributed by atoms with Gasteiger partial charge in [-0.1, -0.05) is 40.9 Å². The van der Waals surface area contributed by atoms with Crippen molar-refractivity contribution in [3.05, 3.63) is 94.0 Å². The number of nitrogens with one attached hydrogen (secondary N) is 4. The second-order valence-corrected chi connectivity index (χ2v) is 37.3. The van der Waals surface area contributed by atoms with Gasteiger partial charge in [0.25, 0.3) is 0 Å². The van der Waals surface area contributed by atoms with Crippen molar-refractivity contribution in [3.8, 4) is 11.1 Å². The van der Waals surface area contributed by atoms with Crippen LogP contribution in [0.1, 0.15) is 106 Å². The zero-order valence-electron chi connectivity index (χ0n) is 63.1. The molecule has 2 aromatic carbocycles. The van der Waals surface area contributed by atoms with Crippen molar-refractivity contribution >= 4 is 134 Å². The van der Waals surface area contributed by atoms with Gasteiger partial charge in [-0.2, -0.15) is 26.3 Å². The number of likely N-dealkylation sites (tertiary alicyclic amines) is 2. The first kappa shape index (κ1) is 89.6. The molecule has 6 fully saturated rings. The van der Waals surface area contributed by atoms with Crippen LogP contribution in [0.4, 0.5) is 82.2 Å². The molecule has 4 amide bonds. The number of anilines is 8. The summed E-state index contributed by atoms with van der Waals surface area (Å²) in [5.74, 6) is 1.82. The average molecular weight is 1660 g/mol. The SMILES string of the molecule is CC(C)S(=O)(=O)Cl.CC(C)S(=O)(=O)Nc1cc(Cl)cc(N2CCOCC2)n1.Cc1ccc(NC(=O)N2CC[C@@H](CC(F)(F)F)C2)cc1-c1cc(NS(=O)(=O)C(C)C)nc(N2CCOCC2)c1.Cc1ccc(NC(=O)N2CC[C@@H](CC(F)(F)F)C2)cc1B1OC(C)(C)C(C)(C)O1.Nc1cc(Cl)cc(N2CCOCC2)n1. The molecule has 6 aliphatic heterocycles. The van der Waals surface area contributed by atoms with Crippen LogP contribution in [0.2, 0.25) is 10.0 Å². The van der Waals surface area contributed by atoms with Gasteiger partial charge in [0.2, 0.25) is 29.1 Å². The summed E-state index contributed by atoms with van der Waals surface area (Å²) in [5, 5.41) is 5.02. The minimum Gasteiger partial charge on any atom is -0.399 e. The lowest BCUT2D eigenvalue weighted by Crippen LogP contribution is -2.41. The minimum atomic E-state index is -4.25. The number of amides is 4. The number of nitrogens with two attached hydrogens (primary N) is 1. The van der Waals surface area contributed by atoms with E-state index in [0.717, 1.165) is 54.3 Å². The molecule has 26 nitrogen and oxygen atoms in total. The van der Waals surface area contributed by atoms with E-state index in [0.29, 0.717) is 116 Å². The molecule has 39 heteroatoms. The van der Waals surface area contributed by atoms with Gasteiger partial charge in [0.05, 0.1) is 66.6 Å². The number of pyridine rings is 3. The van der Waals surface area contributed by atoms with E-state index in [4.69, 9.17) is 63.1 Å². The van der Waals surface area contributed by atoms with Crippen molar-refractivity contribution in [1.29, 1.82) is 0 Å². The molecule has 0 bridgehead atoms. The summed E-state index contributed by atoms with van der Waals surface area (Å²) in [4.78, 5) is 47.4. The number of sulfonamides is 2. The molecule has 0 unspecified atom stereocenters. The highest BCUT2D eigenvalue weighted by Gasteiger charge is 2.52. The van der Waals surface area contributed by atoms with Gasteiger partial charge in [-0.25, -0.2) is 49.8 Å². The number of carbonyl (C=O) groups is 2. The van der Waals surface area contributed by atoms with E-state index in [9.17, 15) is 61.2 Å². The maximum atomic E-state index is 12.8. The number of benzene rings is 2. The fraction of sp³-hybridized carbons (Fsp3) is 0.586. The van der Waals surface area contributed by atoms with Gasteiger partial charge in [-0.15, -0.1) is 0 Å². The number of morpholine rings is 3. The van der Waals surface area contributed by atoms with Crippen molar-refractivity contribution in [2.45, 2.75) is 148 Å². The molecule has 0 radical (unpaired) electrons. The third-order valence-corrected chi connectivity index (χ3v) is 24.8. The fourth-order valence-electron chi connectivity index (χ4n) is 11.5. The molecule has 3 aromatic heterocycles. The molecule has 2 atom stereocenters. The van der Waals surface area contributed by atoms with Crippen LogP contribution < -0.4 is 46.0 Å². The largest absolute Gasteiger partial charge is 0.495 e. The number of hydrogen-bond acceptors (Lipinski definition) is 20. The topological polar surface area (TPSA) is 312 Å². The van der Waals surface area contributed by atoms with Gasteiger partial charge in [-0.05, 0) is 185 Å². The molecule has 11 rings (SSSR count). The number of nitrogen functional groups attached to an aromatic ring is 1. The first-order chi connectivity index (χ1) is 50.7. The number of aromatic nitrogens is 3. The van der Waals surface area contributed by atoms with Crippen LogP contribution in [0.25, 0.3) is 11.1 Å². The molecular formula is C70H99BCl3F6N13O13S3. The number of rotatable bonds is 16. The number of aryl methyl sites for hydroxylation is 2.